The van der Waals surface area contributed by atoms with Crippen molar-refractivity contribution in [3.05, 3.63) is 29.8 Å². The highest BCUT2D eigenvalue weighted by atomic mass is 32.2. The predicted octanol–water partition coefficient (Wildman–Crippen LogP) is 3.03. The number of nitrogens with two attached hydrogens (primary N) is 1. The Labute approximate surface area is 129 Å². The Morgan fingerprint density at radius 1 is 1.38 bits per heavy atom. The van der Waals surface area contributed by atoms with Crippen LogP contribution in [0.4, 0.5) is 13.2 Å². The molecule has 0 aliphatic heterocycles. The van der Waals surface area contributed by atoms with Crippen molar-refractivity contribution in [2.45, 2.75) is 17.1 Å². The standard InChI is InChI=1S/C13H16F3NO2S2/c1-19-12(18)11(17)8-20-5-6-21-10-4-2-3-9(7-10)13(14,15)16/h2-4,7,11H,5-6,8,17H2,1H3. The number of methoxy groups -OCH3 is 1. The SMILES string of the molecule is COC(=O)C(N)CSCCSc1cccc(C(F)(F)F)c1. The number of carbonyl (C=O) groups excluding carboxylic acids is 1. The average molecular weight is 339 g/mol. The summed E-state index contributed by atoms with van der Waals surface area (Å²) in [5.74, 6) is 1.29. The molecular weight excluding hydrogens is 323 g/mol. The quantitative estimate of drug-likeness (QED) is 0.470. The van der Waals surface area contributed by atoms with Gasteiger partial charge in [0.2, 0.25) is 0 Å². The molecule has 1 aromatic rings. The maximum atomic E-state index is 12.5. The summed E-state index contributed by atoms with van der Waals surface area (Å²) in [7, 11) is 1.27. The van der Waals surface area contributed by atoms with Crippen molar-refractivity contribution in [3.8, 4) is 0 Å². The van der Waals surface area contributed by atoms with Gasteiger partial charge < -0.3 is 10.5 Å². The zero-order valence-electron chi connectivity index (χ0n) is 11.4. The van der Waals surface area contributed by atoms with Crippen LogP contribution in [-0.4, -0.2) is 36.4 Å². The highest BCUT2D eigenvalue weighted by Crippen LogP contribution is 2.31. The van der Waals surface area contributed by atoms with Gasteiger partial charge in [0.1, 0.15) is 6.04 Å². The van der Waals surface area contributed by atoms with Crippen molar-refractivity contribution < 1.29 is 22.7 Å². The van der Waals surface area contributed by atoms with E-state index in [0.717, 1.165) is 12.1 Å². The summed E-state index contributed by atoms with van der Waals surface area (Å²) >= 11 is 2.80. The van der Waals surface area contributed by atoms with Crippen molar-refractivity contribution in [3.63, 3.8) is 0 Å². The molecule has 1 aromatic carbocycles. The van der Waals surface area contributed by atoms with E-state index in [9.17, 15) is 18.0 Å². The van der Waals surface area contributed by atoms with Crippen LogP contribution in [0.1, 0.15) is 5.56 Å². The fraction of sp³-hybridized carbons (Fsp3) is 0.462. The highest BCUT2D eigenvalue weighted by Gasteiger charge is 2.30. The second-order valence-corrected chi connectivity index (χ2v) is 6.40. The topological polar surface area (TPSA) is 52.3 Å². The largest absolute Gasteiger partial charge is 0.468 e. The molecule has 0 radical (unpaired) electrons. The lowest BCUT2D eigenvalue weighted by Crippen LogP contribution is -2.34. The molecule has 0 fully saturated rings. The summed E-state index contributed by atoms with van der Waals surface area (Å²) in [6.45, 7) is 0. The van der Waals surface area contributed by atoms with E-state index in [1.165, 1.54) is 36.7 Å². The van der Waals surface area contributed by atoms with E-state index in [0.29, 0.717) is 22.2 Å². The minimum Gasteiger partial charge on any atom is -0.468 e. The molecule has 0 aromatic heterocycles. The first-order valence-electron chi connectivity index (χ1n) is 6.06. The van der Waals surface area contributed by atoms with Gasteiger partial charge in [0.05, 0.1) is 12.7 Å². The number of esters is 1. The van der Waals surface area contributed by atoms with Crippen LogP contribution in [0.5, 0.6) is 0 Å². The monoisotopic (exact) mass is 339 g/mol. The van der Waals surface area contributed by atoms with E-state index >= 15 is 0 Å². The molecule has 8 heteroatoms. The molecule has 0 heterocycles. The van der Waals surface area contributed by atoms with Crippen molar-refractivity contribution >= 4 is 29.5 Å². The molecule has 1 unspecified atom stereocenters. The lowest BCUT2D eigenvalue weighted by Gasteiger charge is -2.09. The lowest BCUT2D eigenvalue weighted by atomic mass is 10.2. The van der Waals surface area contributed by atoms with E-state index in [1.54, 1.807) is 6.07 Å². The maximum absolute atomic E-state index is 12.5. The van der Waals surface area contributed by atoms with Gasteiger partial charge >= 0.3 is 12.1 Å². The molecule has 0 aliphatic rings. The third kappa shape index (κ3) is 6.62. The number of ether oxygens (including phenoxy) is 1. The second kappa shape index (κ2) is 8.55. The molecule has 2 N–H and O–H groups in total. The number of hydrogen-bond acceptors (Lipinski definition) is 5. The molecule has 0 amide bonds. The zero-order chi connectivity index (χ0) is 15.9. The minimum absolute atomic E-state index is 0.426. The number of rotatable bonds is 7. The molecule has 0 bridgehead atoms. The molecule has 3 nitrogen and oxygen atoms in total. The van der Waals surface area contributed by atoms with E-state index in [4.69, 9.17) is 5.73 Å². The molecule has 0 spiro atoms. The van der Waals surface area contributed by atoms with Crippen LogP contribution < -0.4 is 5.73 Å². The number of alkyl halides is 3. The van der Waals surface area contributed by atoms with Crippen LogP contribution >= 0.6 is 23.5 Å². The first-order chi connectivity index (χ1) is 9.84. The van der Waals surface area contributed by atoms with Gasteiger partial charge in [-0.2, -0.15) is 24.9 Å². The van der Waals surface area contributed by atoms with Gasteiger partial charge in [-0.15, -0.1) is 11.8 Å². The number of halogens is 3. The third-order valence-electron chi connectivity index (χ3n) is 2.46. The Balaban J connectivity index is 2.32. The van der Waals surface area contributed by atoms with E-state index in [-0.39, 0.29) is 0 Å². The molecule has 0 aliphatic carbocycles. The lowest BCUT2D eigenvalue weighted by molar-refractivity contribution is -0.141. The average Bonchev–Trinajstić information content (AvgIpc) is 2.45. The van der Waals surface area contributed by atoms with Crippen molar-refractivity contribution in [2.24, 2.45) is 5.73 Å². The van der Waals surface area contributed by atoms with Gasteiger partial charge in [0, 0.05) is 22.2 Å². The predicted molar refractivity (Wildman–Crippen MR) is 79.5 cm³/mol. The molecule has 118 valence electrons. The maximum Gasteiger partial charge on any atom is 0.416 e. The van der Waals surface area contributed by atoms with E-state index in [1.807, 2.05) is 0 Å². The molecule has 0 saturated carbocycles. The molecule has 21 heavy (non-hydrogen) atoms. The summed E-state index contributed by atoms with van der Waals surface area (Å²) in [5.41, 5.74) is 4.92. The normalized spacial score (nSPS) is 13.0. The van der Waals surface area contributed by atoms with E-state index < -0.39 is 23.8 Å². The third-order valence-corrected chi connectivity index (χ3v) is 4.80. The first-order valence-corrected chi connectivity index (χ1v) is 8.20. The van der Waals surface area contributed by atoms with Gasteiger partial charge in [0.15, 0.2) is 0 Å². The Bertz CT molecular complexity index is 469. The summed E-state index contributed by atoms with van der Waals surface area (Å²) in [6.07, 6.45) is -4.32. The Morgan fingerprint density at radius 3 is 2.71 bits per heavy atom. The van der Waals surface area contributed by atoms with Crippen LogP contribution in [0.15, 0.2) is 29.2 Å². The number of thioether (sulfide) groups is 2. The summed E-state index contributed by atoms with van der Waals surface area (Å²) < 4.78 is 42.1. The van der Waals surface area contributed by atoms with Crippen molar-refractivity contribution in [1.82, 2.24) is 0 Å². The fourth-order valence-electron chi connectivity index (χ4n) is 1.41. The van der Waals surface area contributed by atoms with Crippen LogP contribution in [0.2, 0.25) is 0 Å². The van der Waals surface area contributed by atoms with Gasteiger partial charge in [-0.1, -0.05) is 6.07 Å². The van der Waals surface area contributed by atoms with Gasteiger partial charge in [-0.05, 0) is 18.2 Å². The summed E-state index contributed by atoms with van der Waals surface area (Å²) in [6, 6.07) is 4.55. The minimum atomic E-state index is -4.32. The van der Waals surface area contributed by atoms with Gasteiger partial charge in [0.25, 0.3) is 0 Å². The Kier molecular flexibility index (Phi) is 7.41. The summed E-state index contributed by atoms with van der Waals surface area (Å²) in [4.78, 5) is 11.6. The fourth-order valence-corrected chi connectivity index (χ4v) is 3.39. The number of hydrogen-bond donors (Lipinski definition) is 1. The number of benzene rings is 1. The second-order valence-electron chi connectivity index (χ2n) is 4.08. The van der Waals surface area contributed by atoms with Crippen LogP contribution in [-0.2, 0) is 15.7 Å². The van der Waals surface area contributed by atoms with Gasteiger partial charge in [-0.3, -0.25) is 4.79 Å². The van der Waals surface area contributed by atoms with Crippen LogP contribution in [0.25, 0.3) is 0 Å². The molecule has 0 saturated heterocycles. The Morgan fingerprint density at radius 2 is 2.10 bits per heavy atom. The zero-order valence-corrected chi connectivity index (χ0v) is 13.0. The van der Waals surface area contributed by atoms with E-state index in [2.05, 4.69) is 4.74 Å². The number of carbonyl (C=O) groups is 1. The molecule has 1 rings (SSSR count). The highest BCUT2D eigenvalue weighted by molar-refractivity contribution is 8.03. The van der Waals surface area contributed by atoms with Gasteiger partial charge in [-0.25, -0.2) is 0 Å². The molecular formula is C13H16F3NO2S2. The molecule has 1 atom stereocenters. The first kappa shape index (κ1) is 18.2. The van der Waals surface area contributed by atoms with Crippen LogP contribution in [0, 0.1) is 0 Å². The van der Waals surface area contributed by atoms with Crippen molar-refractivity contribution in [1.29, 1.82) is 0 Å². The summed E-state index contributed by atoms with van der Waals surface area (Å²) in [5, 5.41) is 0. The van der Waals surface area contributed by atoms with Crippen LogP contribution in [0.3, 0.4) is 0 Å². The van der Waals surface area contributed by atoms with Crippen molar-refractivity contribution in [2.75, 3.05) is 24.4 Å². The smallest absolute Gasteiger partial charge is 0.416 e. The Hall–Kier alpha value is -0.860.